The Labute approximate surface area is 88.9 Å². The van der Waals surface area contributed by atoms with Crippen LogP contribution < -0.4 is 5.32 Å². The quantitative estimate of drug-likeness (QED) is 0.316. The van der Waals surface area contributed by atoms with Crippen LogP contribution in [0.4, 0.5) is 0 Å². The molecule has 1 atom stereocenters. The van der Waals surface area contributed by atoms with Gasteiger partial charge >= 0.3 is 5.97 Å². The molecule has 0 aromatic heterocycles. The largest absolute Gasteiger partial charge is 0.464 e. The van der Waals surface area contributed by atoms with Gasteiger partial charge in [0.1, 0.15) is 10.4 Å². The molecule has 0 fully saturated rings. The van der Waals surface area contributed by atoms with Crippen LogP contribution in [0.15, 0.2) is 12.7 Å². The predicted molar refractivity (Wildman–Crippen MR) is 60.0 cm³/mol. The van der Waals surface area contributed by atoms with E-state index in [1.54, 1.807) is 0 Å². The molecule has 0 saturated carbocycles. The summed E-state index contributed by atoms with van der Waals surface area (Å²) in [4.78, 5) is 11.2. The number of nitrogens with one attached hydrogen (secondary N) is 1. The van der Waals surface area contributed by atoms with Gasteiger partial charge in [-0.3, -0.25) is 0 Å². The molecule has 0 amide bonds. The second-order valence-corrected chi connectivity index (χ2v) is 3.49. The molecule has 0 aliphatic heterocycles. The van der Waals surface area contributed by atoms with E-state index in [9.17, 15) is 4.79 Å². The van der Waals surface area contributed by atoms with E-state index < -0.39 is 6.04 Å². The van der Waals surface area contributed by atoms with Crippen LogP contribution in [0.5, 0.6) is 0 Å². The lowest BCUT2D eigenvalue weighted by atomic mass is 10.3. The van der Waals surface area contributed by atoms with E-state index in [4.69, 9.17) is 4.74 Å². The summed E-state index contributed by atoms with van der Waals surface area (Å²) in [7, 11) is 0. The van der Waals surface area contributed by atoms with Gasteiger partial charge in [0, 0.05) is 0 Å². The van der Waals surface area contributed by atoms with Crippen LogP contribution in [0.3, 0.4) is 0 Å². The van der Waals surface area contributed by atoms with Gasteiger partial charge in [0.05, 0.1) is 6.61 Å². The van der Waals surface area contributed by atoms with Gasteiger partial charge in [-0.05, 0) is 6.42 Å². The lowest BCUT2D eigenvalue weighted by Gasteiger charge is -2.12. The highest BCUT2D eigenvalue weighted by Gasteiger charge is 2.15. The summed E-state index contributed by atoms with van der Waals surface area (Å²) in [6.45, 7) is 5.82. The monoisotopic (exact) mass is 219 g/mol. The Morgan fingerprint density at radius 3 is 2.85 bits per heavy atom. The highest BCUT2D eigenvalue weighted by atomic mass is 32.1. The Bertz CT molecular complexity index is 206. The van der Waals surface area contributed by atoms with Gasteiger partial charge in [0.15, 0.2) is 0 Å². The molecule has 0 aromatic carbocycles. The third kappa shape index (κ3) is 5.65. The molecule has 13 heavy (non-hydrogen) atoms. The average molecular weight is 219 g/mol. The number of ether oxygens (including phenoxy) is 1. The predicted octanol–water partition coefficient (Wildman–Crippen LogP) is 1.30. The number of hydrogen-bond acceptors (Lipinski definition) is 3. The van der Waals surface area contributed by atoms with Crippen molar-refractivity contribution in [2.24, 2.45) is 0 Å². The summed E-state index contributed by atoms with van der Waals surface area (Å²) < 4.78 is 5.13. The number of thiol groups is 1. The van der Waals surface area contributed by atoms with E-state index in [1.165, 1.54) is 6.08 Å². The molecule has 74 valence electrons. The Balaban J connectivity index is 3.99. The van der Waals surface area contributed by atoms with Crippen LogP contribution in [0.25, 0.3) is 0 Å². The average Bonchev–Trinajstić information content (AvgIpc) is 2.09. The molecule has 1 N–H and O–H groups in total. The van der Waals surface area contributed by atoms with Crippen molar-refractivity contribution in [1.29, 1.82) is 0 Å². The third-order valence-corrected chi connectivity index (χ3v) is 1.46. The topological polar surface area (TPSA) is 38.3 Å². The summed E-state index contributed by atoms with van der Waals surface area (Å²) >= 11 is 8.51. The third-order valence-electron chi connectivity index (χ3n) is 1.22. The molecule has 3 nitrogen and oxygen atoms in total. The highest BCUT2D eigenvalue weighted by molar-refractivity contribution is 8.11. The molecule has 0 rings (SSSR count). The zero-order chi connectivity index (χ0) is 10.3. The van der Waals surface area contributed by atoms with Crippen LogP contribution in [-0.2, 0) is 9.53 Å². The van der Waals surface area contributed by atoms with Crippen molar-refractivity contribution in [2.75, 3.05) is 6.61 Å². The van der Waals surface area contributed by atoms with Gasteiger partial charge in [0.2, 0.25) is 0 Å². The van der Waals surface area contributed by atoms with Crippen molar-refractivity contribution in [3.63, 3.8) is 0 Å². The SMILES string of the molecule is C=C[C@H](NC(=S)S)C(=O)OCCC. The van der Waals surface area contributed by atoms with Gasteiger partial charge < -0.3 is 10.1 Å². The van der Waals surface area contributed by atoms with Gasteiger partial charge in [-0.25, -0.2) is 4.79 Å². The van der Waals surface area contributed by atoms with Gasteiger partial charge in [-0.15, -0.1) is 19.2 Å². The number of carbonyl (C=O) groups is 1. The molecule has 5 heteroatoms. The lowest BCUT2D eigenvalue weighted by Crippen LogP contribution is -2.37. The minimum absolute atomic E-state index is 0.248. The maximum Gasteiger partial charge on any atom is 0.332 e. The van der Waals surface area contributed by atoms with Crippen LogP contribution in [0, 0.1) is 0 Å². The van der Waals surface area contributed by atoms with E-state index in [-0.39, 0.29) is 10.3 Å². The Morgan fingerprint density at radius 2 is 2.46 bits per heavy atom. The summed E-state index contributed by atoms with van der Waals surface area (Å²) in [6.07, 6.45) is 2.22. The molecule has 0 aliphatic rings. The molecule has 0 aromatic rings. The minimum atomic E-state index is -0.600. The van der Waals surface area contributed by atoms with Gasteiger partial charge in [-0.2, -0.15) is 0 Å². The van der Waals surface area contributed by atoms with Crippen molar-refractivity contribution in [2.45, 2.75) is 19.4 Å². The van der Waals surface area contributed by atoms with E-state index in [0.717, 1.165) is 6.42 Å². The van der Waals surface area contributed by atoms with Crippen molar-refractivity contribution < 1.29 is 9.53 Å². The molecule has 0 aliphatic carbocycles. The number of esters is 1. The second kappa shape index (κ2) is 6.91. The zero-order valence-corrected chi connectivity index (χ0v) is 9.16. The first-order valence-electron chi connectivity index (χ1n) is 3.90. The Kier molecular flexibility index (Phi) is 6.62. The van der Waals surface area contributed by atoms with Crippen molar-refractivity contribution >= 4 is 35.1 Å². The van der Waals surface area contributed by atoms with E-state index >= 15 is 0 Å². The molecule has 0 spiro atoms. The summed E-state index contributed by atoms with van der Waals surface area (Å²) in [6, 6.07) is -0.600. The highest BCUT2D eigenvalue weighted by Crippen LogP contribution is 1.94. The molecule has 0 bridgehead atoms. The van der Waals surface area contributed by atoms with Gasteiger partial charge in [-0.1, -0.05) is 25.2 Å². The zero-order valence-electron chi connectivity index (χ0n) is 7.45. The fraction of sp³-hybridized carbons (Fsp3) is 0.500. The maximum absolute atomic E-state index is 11.2. The van der Waals surface area contributed by atoms with Crippen LogP contribution in [0.2, 0.25) is 0 Å². The fourth-order valence-electron chi connectivity index (χ4n) is 0.640. The molecule has 0 unspecified atom stereocenters. The number of thiocarbonyl (C=S) groups is 1. The van der Waals surface area contributed by atoms with E-state index in [0.29, 0.717) is 6.61 Å². The molecular weight excluding hydrogens is 206 g/mol. The molecule has 0 saturated heterocycles. The summed E-state index contributed by atoms with van der Waals surface area (Å²) in [5, 5.41) is 2.64. The summed E-state index contributed by atoms with van der Waals surface area (Å²) in [5.41, 5.74) is 0. The number of rotatable bonds is 5. The van der Waals surface area contributed by atoms with Gasteiger partial charge in [0.25, 0.3) is 0 Å². The smallest absolute Gasteiger partial charge is 0.332 e. The summed E-state index contributed by atoms with van der Waals surface area (Å²) in [5.74, 6) is -0.381. The minimum Gasteiger partial charge on any atom is -0.464 e. The fourth-order valence-corrected chi connectivity index (χ4v) is 0.906. The second-order valence-electron chi connectivity index (χ2n) is 2.33. The lowest BCUT2D eigenvalue weighted by molar-refractivity contribution is -0.144. The molecule has 0 heterocycles. The van der Waals surface area contributed by atoms with Crippen molar-refractivity contribution in [1.82, 2.24) is 5.32 Å². The van der Waals surface area contributed by atoms with Crippen LogP contribution in [-0.4, -0.2) is 22.9 Å². The standard InChI is InChI=1S/C8H13NO2S2/c1-3-5-11-7(10)6(4-2)9-8(12)13/h4,6H,2-3,5H2,1H3,(H2,9,12,13)/t6-/m0/s1. The molecular formula is C8H13NO2S2. The van der Waals surface area contributed by atoms with Crippen molar-refractivity contribution in [3.8, 4) is 0 Å². The first-order chi connectivity index (χ1) is 6.11. The van der Waals surface area contributed by atoms with E-state index in [1.807, 2.05) is 6.92 Å². The number of carbonyl (C=O) groups excluding carboxylic acids is 1. The van der Waals surface area contributed by atoms with Crippen LogP contribution >= 0.6 is 24.8 Å². The Hall–Kier alpha value is -0.550. The van der Waals surface area contributed by atoms with E-state index in [2.05, 4.69) is 36.7 Å². The molecule has 0 radical (unpaired) electrons. The van der Waals surface area contributed by atoms with Crippen molar-refractivity contribution in [3.05, 3.63) is 12.7 Å². The van der Waals surface area contributed by atoms with Crippen LogP contribution in [0.1, 0.15) is 13.3 Å². The first kappa shape index (κ1) is 12.4. The maximum atomic E-state index is 11.2. The normalized spacial score (nSPS) is 11.5. The first-order valence-corrected chi connectivity index (χ1v) is 4.76. The number of hydrogen-bond donors (Lipinski definition) is 2. The Morgan fingerprint density at radius 1 is 1.85 bits per heavy atom.